The second kappa shape index (κ2) is 5.25. The van der Waals surface area contributed by atoms with Crippen LogP contribution in [0.25, 0.3) is 0 Å². The summed E-state index contributed by atoms with van der Waals surface area (Å²) < 4.78 is 5.70. The van der Waals surface area contributed by atoms with Gasteiger partial charge in [-0.2, -0.15) is 0 Å². The molecule has 2 nitrogen and oxygen atoms in total. The fourth-order valence-corrected chi connectivity index (χ4v) is 6.24. The van der Waals surface area contributed by atoms with Gasteiger partial charge in [0.2, 0.25) is 0 Å². The van der Waals surface area contributed by atoms with E-state index in [0.29, 0.717) is 0 Å². The number of carbonyl (C=O) groups excluding carboxylic acids is 1. The van der Waals surface area contributed by atoms with Crippen LogP contribution in [0.1, 0.15) is 58.8 Å². The zero-order chi connectivity index (χ0) is 15.3. The molecular formula is C20H28O2. The SMILES string of the molecule is CC(=O)O[C@H]1CCC2C3CC=C4C=CCC[C@@H]4C3CC[C@@]21C. The highest BCUT2D eigenvalue weighted by atomic mass is 16.5. The van der Waals surface area contributed by atoms with Gasteiger partial charge in [-0.15, -0.1) is 0 Å². The van der Waals surface area contributed by atoms with E-state index in [0.717, 1.165) is 30.1 Å². The maximum Gasteiger partial charge on any atom is 0.302 e. The lowest BCUT2D eigenvalue weighted by Crippen LogP contribution is -2.47. The van der Waals surface area contributed by atoms with Crippen molar-refractivity contribution in [2.24, 2.45) is 29.1 Å². The van der Waals surface area contributed by atoms with E-state index in [9.17, 15) is 4.79 Å². The monoisotopic (exact) mass is 300 g/mol. The minimum absolute atomic E-state index is 0.0998. The minimum Gasteiger partial charge on any atom is -0.462 e. The van der Waals surface area contributed by atoms with Gasteiger partial charge in [-0.05, 0) is 74.2 Å². The van der Waals surface area contributed by atoms with Gasteiger partial charge >= 0.3 is 5.97 Å². The minimum atomic E-state index is -0.0998. The average Bonchev–Trinajstić information content (AvgIpc) is 2.83. The van der Waals surface area contributed by atoms with E-state index in [1.54, 1.807) is 12.5 Å². The standard InChI is InChI=1S/C20H28O2/c1-13(21)22-19-10-9-18-17-8-7-14-5-3-4-6-15(14)16(17)11-12-20(18,19)2/h3,5,7,15-19H,4,6,8-12H2,1-2H3/t15-,16?,17?,18?,19-,20-/m0/s1. The van der Waals surface area contributed by atoms with E-state index in [1.807, 2.05) is 0 Å². The summed E-state index contributed by atoms with van der Waals surface area (Å²) >= 11 is 0. The molecule has 0 aliphatic heterocycles. The lowest BCUT2D eigenvalue weighted by molar-refractivity contribution is -0.155. The Morgan fingerprint density at radius 2 is 2.09 bits per heavy atom. The Hall–Kier alpha value is -1.05. The van der Waals surface area contributed by atoms with Gasteiger partial charge in [-0.25, -0.2) is 0 Å². The first-order chi connectivity index (χ1) is 10.6. The van der Waals surface area contributed by atoms with Crippen LogP contribution in [0.4, 0.5) is 0 Å². The van der Waals surface area contributed by atoms with Crippen molar-refractivity contribution in [2.75, 3.05) is 0 Å². The van der Waals surface area contributed by atoms with Gasteiger partial charge in [0, 0.05) is 12.3 Å². The number of hydrogen-bond donors (Lipinski definition) is 0. The molecule has 6 atom stereocenters. The van der Waals surface area contributed by atoms with Crippen LogP contribution in [0.3, 0.4) is 0 Å². The summed E-state index contributed by atoms with van der Waals surface area (Å²) in [7, 11) is 0. The summed E-state index contributed by atoms with van der Waals surface area (Å²) in [4.78, 5) is 11.4. The molecule has 120 valence electrons. The van der Waals surface area contributed by atoms with E-state index < -0.39 is 0 Å². The van der Waals surface area contributed by atoms with Crippen molar-refractivity contribution < 1.29 is 9.53 Å². The van der Waals surface area contributed by atoms with Crippen molar-refractivity contribution in [1.29, 1.82) is 0 Å². The van der Waals surface area contributed by atoms with Crippen molar-refractivity contribution in [3.63, 3.8) is 0 Å². The molecule has 0 spiro atoms. The fourth-order valence-electron chi connectivity index (χ4n) is 6.24. The highest BCUT2D eigenvalue weighted by Gasteiger charge is 2.56. The molecule has 0 aromatic rings. The van der Waals surface area contributed by atoms with Crippen LogP contribution in [0, 0.1) is 29.1 Å². The second-order valence-electron chi connectivity index (χ2n) is 8.18. The first-order valence-electron chi connectivity index (χ1n) is 9.13. The molecule has 0 aromatic carbocycles. The molecule has 0 heterocycles. The van der Waals surface area contributed by atoms with Gasteiger partial charge in [0.1, 0.15) is 6.10 Å². The quantitative estimate of drug-likeness (QED) is 0.658. The Kier molecular flexibility index (Phi) is 3.47. The van der Waals surface area contributed by atoms with Gasteiger partial charge in [0.25, 0.3) is 0 Å². The maximum atomic E-state index is 11.4. The summed E-state index contributed by atoms with van der Waals surface area (Å²) in [6.45, 7) is 3.96. The molecule has 0 bridgehead atoms. The van der Waals surface area contributed by atoms with Crippen molar-refractivity contribution >= 4 is 5.97 Å². The van der Waals surface area contributed by atoms with E-state index in [-0.39, 0.29) is 17.5 Å². The van der Waals surface area contributed by atoms with Gasteiger partial charge < -0.3 is 4.74 Å². The summed E-state index contributed by atoms with van der Waals surface area (Å²) in [5.41, 5.74) is 1.84. The number of carbonyl (C=O) groups is 1. The highest BCUT2D eigenvalue weighted by molar-refractivity contribution is 5.66. The number of fused-ring (bicyclic) bond motifs is 5. The van der Waals surface area contributed by atoms with Crippen LogP contribution in [0.2, 0.25) is 0 Å². The number of ether oxygens (including phenoxy) is 1. The molecule has 0 amide bonds. The third kappa shape index (κ3) is 2.10. The Morgan fingerprint density at radius 3 is 2.91 bits per heavy atom. The second-order valence-corrected chi connectivity index (χ2v) is 8.18. The Bertz CT molecular complexity index is 532. The summed E-state index contributed by atoms with van der Waals surface area (Å²) in [5.74, 6) is 3.15. The van der Waals surface area contributed by atoms with E-state index in [1.165, 1.54) is 38.5 Å². The molecule has 4 aliphatic rings. The Morgan fingerprint density at radius 1 is 1.23 bits per heavy atom. The highest BCUT2D eigenvalue weighted by Crippen LogP contribution is 2.61. The van der Waals surface area contributed by atoms with E-state index in [2.05, 4.69) is 25.2 Å². The first kappa shape index (κ1) is 14.5. The third-order valence-corrected chi connectivity index (χ3v) is 7.24. The molecule has 2 heteroatoms. The molecule has 0 radical (unpaired) electrons. The number of esters is 1. The molecule has 22 heavy (non-hydrogen) atoms. The number of allylic oxidation sites excluding steroid dienone is 4. The molecule has 4 aliphatic carbocycles. The largest absolute Gasteiger partial charge is 0.462 e. The smallest absolute Gasteiger partial charge is 0.302 e. The molecular weight excluding hydrogens is 272 g/mol. The Labute approximate surface area is 134 Å². The van der Waals surface area contributed by atoms with Crippen LogP contribution in [-0.2, 0) is 9.53 Å². The van der Waals surface area contributed by atoms with E-state index in [4.69, 9.17) is 4.74 Å². The van der Waals surface area contributed by atoms with Crippen molar-refractivity contribution in [1.82, 2.24) is 0 Å². The molecule has 2 saturated carbocycles. The average molecular weight is 300 g/mol. The molecule has 0 N–H and O–H groups in total. The lowest BCUT2D eigenvalue weighted by atomic mass is 9.53. The molecule has 0 aromatic heterocycles. The maximum absolute atomic E-state index is 11.4. The zero-order valence-electron chi connectivity index (χ0n) is 13.9. The number of hydrogen-bond acceptors (Lipinski definition) is 2. The Balaban J connectivity index is 1.60. The fraction of sp³-hybridized carbons (Fsp3) is 0.750. The van der Waals surface area contributed by atoms with Gasteiger partial charge in [-0.3, -0.25) is 4.79 Å². The summed E-state index contributed by atoms with van der Waals surface area (Å²) in [6.07, 6.45) is 16.1. The molecule has 0 saturated heterocycles. The summed E-state index contributed by atoms with van der Waals surface area (Å²) in [5, 5.41) is 0. The predicted molar refractivity (Wildman–Crippen MR) is 87.2 cm³/mol. The van der Waals surface area contributed by atoms with Crippen LogP contribution < -0.4 is 0 Å². The van der Waals surface area contributed by atoms with E-state index >= 15 is 0 Å². The third-order valence-electron chi connectivity index (χ3n) is 7.24. The lowest BCUT2D eigenvalue weighted by Gasteiger charge is -2.52. The van der Waals surface area contributed by atoms with Crippen molar-refractivity contribution in [3.05, 3.63) is 23.8 Å². The molecule has 2 fully saturated rings. The van der Waals surface area contributed by atoms with Gasteiger partial charge in [0.15, 0.2) is 0 Å². The van der Waals surface area contributed by atoms with Gasteiger partial charge in [0.05, 0.1) is 0 Å². The summed E-state index contributed by atoms with van der Waals surface area (Å²) in [6, 6.07) is 0. The van der Waals surface area contributed by atoms with Crippen LogP contribution in [-0.4, -0.2) is 12.1 Å². The number of rotatable bonds is 1. The predicted octanol–water partition coefficient (Wildman–Crippen LogP) is 4.66. The van der Waals surface area contributed by atoms with Crippen LogP contribution in [0.15, 0.2) is 23.8 Å². The molecule has 3 unspecified atom stereocenters. The normalized spacial score (nSPS) is 46.3. The van der Waals surface area contributed by atoms with Crippen molar-refractivity contribution in [3.8, 4) is 0 Å². The zero-order valence-corrected chi connectivity index (χ0v) is 13.9. The van der Waals surface area contributed by atoms with Crippen LogP contribution in [0.5, 0.6) is 0 Å². The topological polar surface area (TPSA) is 26.3 Å². The van der Waals surface area contributed by atoms with Crippen LogP contribution >= 0.6 is 0 Å². The molecule has 4 rings (SSSR count). The van der Waals surface area contributed by atoms with Gasteiger partial charge in [-0.1, -0.05) is 25.2 Å². The van der Waals surface area contributed by atoms with Crippen molar-refractivity contribution in [2.45, 2.75) is 64.9 Å². The first-order valence-corrected chi connectivity index (χ1v) is 9.13.